The molecule has 104 valence electrons. The minimum atomic E-state index is -0.338. The van der Waals surface area contributed by atoms with Gasteiger partial charge in [-0.15, -0.1) is 0 Å². The maximum atomic E-state index is 10.9. The lowest BCUT2D eigenvalue weighted by Gasteiger charge is -2.21. The second kappa shape index (κ2) is 6.89. The number of halogens is 1. The minimum Gasteiger partial charge on any atom is -0.379 e. The summed E-state index contributed by atoms with van der Waals surface area (Å²) < 4.78 is 0.860. The van der Waals surface area contributed by atoms with Gasteiger partial charge < -0.3 is 5.32 Å². The molecule has 0 bridgehead atoms. The van der Waals surface area contributed by atoms with E-state index >= 15 is 0 Å². The van der Waals surface area contributed by atoms with Gasteiger partial charge in [0.1, 0.15) is 5.69 Å². The highest BCUT2D eigenvalue weighted by Gasteiger charge is 2.15. The van der Waals surface area contributed by atoms with E-state index in [2.05, 4.69) is 21.2 Å². The second-order valence-electron chi connectivity index (χ2n) is 5.14. The molecule has 1 saturated carbocycles. The van der Waals surface area contributed by atoms with Crippen LogP contribution in [-0.4, -0.2) is 11.5 Å². The van der Waals surface area contributed by atoms with Crippen LogP contribution >= 0.6 is 15.9 Å². The van der Waals surface area contributed by atoms with Gasteiger partial charge in [-0.3, -0.25) is 10.1 Å². The summed E-state index contributed by atoms with van der Waals surface area (Å²) in [7, 11) is 0. The quantitative estimate of drug-likeness (QED) is 0.628. The molecule has 4 nitrogen and oxygen atoms in total. The molecule has 0 unspecified atom stereocenters. The number of benzene rings is 1. The Balaban J connectivity index is 1.91. The predicted molar refractivity (Wildman–Crippen MR) is 80.5 cm³/mol. The SMILES string of the molecule is O=[N+]([O-])c1ccc(Br)cc1NCCC1CCCCC1. The number of nitro groups is 1. The maximum Gasteiger partial charge on any atom is 0.292 e. The van der Waals surface area contributed by atoms with Crippen LogP contribution in [0.3, 0.4) is 0 Å². The summed E-state index contributed by atoms with van der Waals surface area (Å²) >= 11 is 3.35. The lowest BCUT2D eigenvalue weighted by atomic mass is 9.87. The van der Waals surface area contributed by atoms with Crippen molar-refractivity contribution in [2.45, 2.75) is 38.5 Å². The van der Waals surface area contributed by atoms with Crippen molar-refractivity contribution in [2.24, 2.45) is 5.92 Å². The first-order valence-electron chi connectivity index (χ1n) is 6.84. The van der Waals surface area contributed by atoms with Gasteiger partial charge in [-0.1, -0.05) is 48.0 Å². The highest BCUT2D eigenvalue weighted by atomic mass is 79.9. The molecular weight excluding hydrogens is 308 g/mol. The van der Waals surface area contributed by atoms with E-state index in [0.29, 0.717) is 5.69 Å². The van der Waals surface area contributed by atoms with Crippen molar-refractivity contribution >= 4 is 27.3 Å². The van der Waals surface area contributed by atoms with Crippen LogP contribution in [0, 0.1) is 16.0 Å². The van der Waals surface area contributed by atoms with E-state index in [1.165, 1.54) is 38.2 Å². The zero-order valence-corrected chi connectivity index (χ0v) is 12.5. The van der Waals surface area contributed by atoms with Gasteiger partial charge in [0.15, 0.2) is 0 Å². The number of rotatable bonds is 5. The van der Waals surface area contributed by atoms with Crippen molar-refractivity contribution in [1.82, 2.24) is 0 Å². The molecule has 0 atom stereocenters. The van der Waals surface area contributed by atoms with E-state index in [1.807, 2.05) is 0 Å². The molecule has 0 amide bonds. The van der Waals surface area contributed by atoms with Crippen molar-refractivity contribution in [1.29, 1.82) is 0 Å². The Bertz CT molecular complexity index is 445. The molecule has 0 aliphatic heterocycles. The summed E-state index contributed by atoms with van der Waals surface area (Å²) in [4.78, 5) is 10.6. The van der Waals surface area contributed by atoms with Crippen LogP contribution in [0.2, 0.25) is 0 Å². The van der Waals surface area contributed by atoms with Crippen molar-refractivity contribution in [2.75, 3.05) is 11.9 Å². The average Bonchev–Trinajstić information content (AvgIpc) is 2.39. The number of hydrogen-bond acceptors (Lipinski definition) is 3. The molecule has 2 rings (SSSR count). The number of nitrogens with zero attached hydrogens (tertiary/aromatic N) is 1. The number of nitro benzene ring substituents is 1. The Hall–Kier alpha value is -1.10. The van der Waals surface area contributed by atoms with Crippen LogP contribution in [0.5, 0.6) is 0 Å². The van der Waals surface area contributed by atoms with Gasteiger partial charge >= 0.3 is 0 Å². The number of nitrogens with one attached hydrogen (secondary N) is 1. The van der Waals surface area contributed by atoms with Gasteiger partial charge in [-0.2, -0.15) is 0 Å². The zero-order chi connectivity index (χ0) is 13.7. The molecule has 1 N–H and O–H groups in total. The van der Waals surface area contributed by atoms with Gasteiger partial charge in [0, 0.05) is 17.1 Å². The topological polar surface area (TPSA) is 55.2 Å². The Morgan fingerprint density at radius 3 is 2.74 bits per heavy atom. The molecule has 1 aromatic carbocycles. The first kappa shape index (κ1) is 14.3. The Morgan fingerprint density at radius 2 is 2.05 bits per heavy atom. The molecule has 1 aliphatic rings. The zero-order valence-electron chi connectivity index (χ0n) is 10.9. The van der Waals surface area contributed by atoms with Gasteiger partial charge in [-0.25, -0.2) is 0 Å². The third kappa shape index (κ3) is 4.20. The van der Waals surface area contributed by atoms with Crippen LogP contribution in [-0.2, 0) is 0 Å². The molecule has 0 aromatic heterocycles. The lowest BCUT2D eigenvalue weighted by molar-refractivity contribution is -0.384. The molecule has 0 saturated heterocycles. The maximum absolute atomic E-state index is 10.9. The molecule has 1 fully saturated rings. The summed E-state index contributed by atoms with van der Waals surface area (Å²) in [5, 5.41) is 14.2. The Labute approximate surface area is 121 Å². The molecule has 0 spiro atoms. The minimum absolute atomic E-state index is 0.145. The Morgan fingerprint density at radius 1 is 1.32 bits per heavy atom. The summed E-state index contributed by atoms with van der Waals surface area (Å²) in [6.45, 7) is 0.807. The molecule has 1 aromatic rings. The van der Waals surface area contributed by atoms with Crippen molar-refractivity contribution in [3.05, 3.63) is 32.8 Å². The fourth-order valence-corrected chi connectivity index (χ4v) is 3.06. The van der Waals surface area contributed by atoms with E-state index in [9.17, 15) is 10.1 Å². The van der Waals surface area contributed by atoms with Gasteiger partial charge in [0.05, 0.1) is 4.92 Å². The monoisotopic (exact) mass is 326 g/mol. The molecule has 1 aliphatic carbocycles. The molecule has 19 heavy (non-hydrogen) atoms. The average molecular weight is 327 g/mol. The summed E-state index contributed by atoms with van der Waals surface area (Å²) in [6.07, 6.45) is 7.75. The number of anilines is 1. The van der Waals surface area contributed by atoms with Crippen LogP contribution in [0.15, 0.2) is 22.7 Å². The lowest BCUT2D eigenvalue weighted by Crippen LogP contribution is -2.12. The van der Waals surface area contributed by atoms with Crippen molar-refractivity contribution < 1.29 is 4.92 Å². The normalized spacial score (nSPS) is 16.3. The van der Waals surface area contributed by atoms with Gasteiger partial charge in [0.25, 0.3) is 5.69 Å². The summed E-state index contributed by atoms with van der Waals surface area (Å²) in [5.74, 6) is 0.785. The largest absolute Gasteiger partial charge is 0.379 e. The van der Waals surface area contributed by atoms with Gasteiger partial charge in [0.2, 0.25) is 0 Å². The highest BCUT2D eigenvalue weighted by molar-refractivity contribution is 9.10. The highest BCUT2D eigenvalue weighted by Crippen LogP contribution is 2.29. The van der Waals surface area contributed by atoms with E-state index in [1.54, 1.807) is 12.1 Å². The number of hydrogen-bond donors (Lipinski definition) is 1. The first-order chi connectivity index (χ1) is 9.16. The first-order valence-corrected chi connectivity index (χ1v) is 7.64. The summed E-state index contributed by atoms with van der Waals surface area (Å²) in [6, 6.07) is 5.01. The van der Waals surface area contributed by atoms with E-state index in [0.717, 1.165) is 23.4 Å². The van der Waals surface area contributed by atoms with Crippen LogP contribution in [0.1, 0.15) is 38.5 Å². The molecule has 0 heterocycles. The standard InChI is InChI=1S/C14H19BrN2O2/c15-12-6-7-14(17(18)19)13(10-12)16-9-8-11-4-2-1-3-5-11/h6-7,10-11,16H,1-5,8-9H2. The van der Waals surface area contributed by atoms with Gasteiger partial charge in [-0.05, 0) is 24.5 Å². The molecule has 5 heteroatoms. The molecular formula is C14H19BrN2O2. The van der Waals surface area contributed by atoms with E-state index < -0.39 is 0 Å². The second-order valence-corrected chi connectivity index (χ2v) is 6.05. The molecule has 0 radical (unpaired) electrons. The van der Waals surface area contributed by atoms with E-state index in [-0.39, 0.29) is 10.6 Å². The fourth-order valence-electron chi connectivity index (χ4n) is 2.70. The van der Waals surface area contributed by atoms with Crippen molar-refractivity contribution in [3.63, 3.8) is 0 Å². The van der Waals surface area contributed by atoms with Crippen LogP contribution in [0.4, 0.5) is 11.4 Å². The van der Waals surface area contributed by atoms with Crippen LogP contribution in [0.25, 0.3) is 0 Å². The predicted octanol–water partition coefficient (Wildman–Crippen LogP) is 4.74. The third-order valence-corrected chi connectivity index (χ3v) is 4.24. The van der Waals surface area contributed by atoms with E-state index in [4.69, 9.17) is 0 Å². The van der Waals surface area contributed by atoms with Crippen LogP contribution < -0.4 is 5.32 Å². The third-order valence-electron chi connectivity index (χ3n) is 3.75. The summed E-state index contributed by atoms with van der Waals surface area (Å²) in [5.41, 5.74) is 0.752. The smallest absolute Gasteiger partial charge is 0.292 e. The fraction of sp³-hybridized carbons (Fsp3) is 0.571. The van der Waals surface area contributed by atoms with Crippen molar-refractivity contribution in [3.8, 4) is 0 Å². The Kier molecular flexibility index (Phi) is 5.19.